The Morgan fingerprint density at radius 3 is 2.38 bits per heavy atom. The summed E-state index contributed by atoms with van der Waals surface area (Å²) in [7, 11) is 0. The Balaban J connectivity index is 1.95. The van der Waals surface area contributed by atoms with E-state index in [1.54, 1.807) is 0 Å². The average Bonchev–Trinajstić information content (AvgIpc) is 2.47. The lowest BCUT2D eigenvalue weighted by Crippen LogP contribution is -2.48. The average molecular weight is 289 g/mol. The van der Waals surface area contributed by atoms with E-state index in [1.807, 2.05) is 32.0 Å². The fraction of sp³-hybridized carbons (Fsp3) is 0.647. The third-order valence-electron chi connectivity index (χ3n) is 4.11. The fourth-order valence-electron chi connectivity index (χ4n) is 2.67. The van der Waals surface area contributed by atoms with E-state index in [1.165, 1.54) is 0 Å². The third kappa shape index (κ3) is 4.35. The molecule has 1 aliphatic heterocycles. The number of pyridine rings is 1. The molecule has 0 spiro atoms. The van der Waals surface area contributed by atoms with Crippen LogP contribution in [0.3, 0.4) is 0 Å². The summed E-state index contributed by atoms with van der Waals surface area (Å²) in [5, 5.41) is 0. The van der Waals surface area contributed by atoms with Gasteiger partial charge in [0.2, 0.25) is 0 Å². The zero-order chi connectivity index (χ0) is 15.4. The normalized spacial score (nSPS) is 17.6. The highest BCUT2D eigenvalue weighted by Crippen LogP contribution is 2.11. The molecule has 0 aromatic carbocycles. The molecule has 4 nitrogen and oxygen atoms in total. The molecule has 2 heterocycles. The molecule has 0 amide bonds. The lowest BCUT2D eigenvalue weighted by molar-refractivity contribution is 0.0931. The van der Waals surface area contributed by atoms with Crippen LogP contribution >= 0.6 is 0 Å². The first-order chi connectivity index (χ1) is 9.97. The number of rotatable bonds is 5. The van der Waals surface area contributed by atoms with Crippen LogP contribution in [0.2, 0.25) is 0 Å². The predicted octanol–water partition coefficient (Wildman–Crippen LogP) is 2.45. The second-order valence-electron chi connectivity index (χ2n) is 6.44. The van der Waals surface area contributed by atoms with Gasteiger partial charge in [0.15, 0.2) is 5.78 Å². The first-order valence-electron chi connectivity index (χ1n) is 7.94. The monoisotopic (exact) mass is 289 g/mol. The zero-order valence-electron chi connectivity index (χ0n) is 13.7. The van der Waals surface area contributed by atoms with Gasteiger partial charge in [-0.1, -0.05) is 19.9 Å². The number of hydrogen-bond acceptors (Lipinski definition) is 4. The van der Waals surface area contributed by atoms with Crippen LogP contribution in [0.25, 0.3) is 0 Å². The summed E-state index contributed by atoms with van der Waals surface area (Å²) >= 11 is 0. The number of carbonyl (C=O) groups is 1. The Morgan fingerprint density at radius 1 is 1.14 bits per heavy atom. The maximum absolute atomic E-state index is 12.0. The lowest BCUT2D eigenvalue weighted by Gasteiger charge is -2.36. The highest BCUT2D eigenvalue weighted by molar-refractivity contribution is 5.95. The van der Waals surface area contributed by atoms with Crippen molar-refractivity contribution in [3.8, 4) is 0 Å². The molecule has 1 aromatic rings. The van der Waals surface area contributed by atoms with Gasteiger partial charge in [-0.25, -0.2) is 4.98 Å². The van der Waals surface area contributed by atoms with Crippen LogP contribution in [-0.4, -0.2) is 52.8 Å². The van der Waals surface area contributed by atoms with Crippen LogP contribution in [0.5, 0.6) is 0 Å². The van der Waals surface area contributed by atoms with Gasteiger partial charge in [-0.15, -0.1) is 0 Å². The van der Waals surface area contributed by atoms with Crippen molar-refractivity contribution in [1.82, 2.24) is 14.8 Å². The highest BCUT2D eigenvalue weighted by atomic mass is 16.1. The van der Waals surface area contributed by atoms with E-state index in [0.29, 0.717) is 11.7 Å². The van der Waals surface area contributed by atoms with Crippen molar-refractivity contribution in [3.63, 3.8) is 0 Å². The number of Topliss-reactive ketones (excluding diaryl/α,β-unsaturated/α-hetero) is 1. The molecule has 0 atom stereocenters. The van der Waals surface area contributed by atoms with E-state index in [-0.39, 0.29) is 11.7 Å². The lowest BCUT2D eigenvalue weighted by atomic mass is 10.1. The van der Waals surface area contributed by atoms with Crippen molar-refractivity contribution in [3.05, 3.63) is 29.6 Å². The Kier molecular flexibility index (Phi) is 5.48. The highest BCUT2D eigenvalue weighted by Gasteiger charge is 2.19. The van der Waals surface area contributed by atoms with Gasteiger partial charge in [-0.2, -0.15) is 0 Å². The molecule has 0 unspecified atom stereocenters. The van der Waals surface area contributed by atoms with Crippen LogP contribution in [0, 0.1) is 5.92 Å². The van der Waals surface area contributed by atoms with Crippen LogP contribution in [0.4, 0.5) is 0 Å². The summed E-state index contributed by atoms with van der Waals surface area (Å²) in [6.45, 7) is 13.5. The number of piperazine rings is 1. The molecule has 1 fully saturated rings. The number of ketones is 1. The molecular weight excluding hydrogens is 262 g/mol. The molecule has 0 N–H and O–H groups in total. The molecule has 0 aliphatic carbocycles. The quantitative estimate of drug-likeness (QED) is 0.780. The van der Waals surface area contributed by atoms with E-state index in [9.17, 15) is 4.79 Å². The Labute approximate surface area is 128 Å². The van der Waals surface area contributed by atoms with E-state index in [0.717, 1.165) is 38.4 Å². The minimum atomic E-state index is 0.00216. The Hall–Kier alpha value is -1.26. The smallest absolute Gasteiger partial charge is 0.183 e. The molecule has 2 rings (SSSR count). The molecule has 1 saturated heterocycles. The standard InChI is InChI=1S/C17H27N3O/c1-13(2)17(21)16-7-5-6-15(18-16)12-19-8-10-20(11-9-19)14(3)4/h5-7,13-14H,8-12H2,1-4H3. The van der Waals surface area contributed by atoms with E-state index < -0.39 is 0 Å². The van der Waals surface area contributed by atoms with Gasteiger partial charge >= 0.3 is 0 Å². The minimum Gasteiger partial charge on any atom is -0.298 e. The second kappa shape index (κ2) is 7.14. The van der Waals surface area contributed by atoms with Crippen LogP contribution in [0.1, 0.15) is 43.9 Å². The summed E-state index contributed by atoms with van der Waals surface area (Å²) < 4.78 is 0. The Morgan fingerprint density at radius 2 is 1.81 bits per heavy atom. The van der Waals surface area contributed by atoms with Gasteiger partial charge in [-0.05, 0) is 26.0 Å². The summed E-state index contributed by atoms with van der Waals surface area (Å²) in [6, 6.07) is 6.41. The topological polar surface area (TPSA) is 36.4 Å². The first-order valence-corrected chi connectivity index (χ1v) is 7.94. The van der Waals surface area contributed by atoms with Gasteiger partial charge in [-0.3, -0.25) is 14.6 Å². The number of carbonyl (C=O) groups excluding carboxylic acids is 1. The van der Waals surface area contributed by atoms with Crippen molar-refractivity contribution in [2.24, 2.45) is 5.92 Å². The van der Waals surface area contributed by atoms with Gasteiger partial charge in [0.25, 0.3) is 0 Å². The number of nitrogens with zero attached hydrogens (tertiary/aromatic N) is 3. The summed E-state index contributed by atoms with van der Waals surface area (Å²) in [5.74, 6) is 0.129. The zero-order valence-corrected chi connectivity index (χ0v) is 13.7. The van der Waals surface area contributed by atoms with Crippen molar-refractivity contribution < 1.29 is 4.79 Å². The molecule has 0 bridgehead atoms. The van der Waals surface area contributed by atoms with Crippen LogP contribution in [-0.2, 0) is 6.54 Å². The van der Waals surface area contributed by atoms with E-state index in [4.69, 9.17) is 0 Å². The molecular formula is C17H27N3O. The van der Waals surface area contributed by atoms with Gasteiger partial charge < -0.3 is 0 Å². The maximum Gasteiger partial charge on any atom is 0.183 e. The SMILES string of the molecule is CC(C)C(=O)c1cccc(CN2CCN(C(C)C)CC2)n1. The number of aromatic nitrogens is 1. The largest absolute Gasteiger partial charge is 0.298 e. The van der Waals surface area contributed by atoms with Gasteiger partial charge in [0, 0.05) is 44.7 Å². The second-order valence-corrected chi connectivity index (χ2v) is 6.44. The van der Waals surface area contributed by atoms with Crippen molar-refractivity contribution in [2.75, 3.05) is 26.2 Å². The van der Waals surface area contributed by atoms with Crippen molar-refractivity contribution in [2.45, 2.75) is 40.3 Å². The number of hydrogen-bond donors (Lipinski definition) is 0. The van der Waals surface area contributed by atoms with E-state index >= 15 is 0 Å². The van der Waals surface area contributed by atoms with Crippen LogP contribution < -0.4 is 0 Å². The minimum absolute atomic E-state index is 0.00216. The van der Waals surface area contributed by atoms with Crippen LogP contribution in [0.15, 0.2) is 18.2 Å². The third-order valence-corrected chi connectivity index (χ3v) is 4.11. The molecule has 1 aromatic heterocycles. The maximum atomic E-state index is 12.0. The van der Waals surface area contributed by atoms with Crippen molar-refractivity contribution >= 4 is 5.78 Å². The molecule has 0 radical (unpaired) electrons. The predicted molar refractivity (Wildman–Crippen MR) is 85.4 cm³/mol. The molecule has 116 valence electrons. The van der Waals surface area contributed by atoms with Gasteiger partial charge in [0.1, 0.15) is 5.69 Å². The van der Waals surface area contributed by atoms with Crippen molar-refractivity contribution in [1.29, 1.82) is 0 Å². The molecule has 4 heteroatoms. The summed E-state index contributed by atoms with van der Waals surface area (Å²) in [6.07, 6.45) is 0. The molecule has 1 aliphatic rings. The van der Waals surface area contributed by atoms with E-state index in [2.05, 4.69) is 28.6 Å². The summed E-state index contributed by atoms with van der Waals surface area (Å²) in [4.78, 5) is 21.5. The van der Waals surface area contributed by atoms with Gasteiger partial charge in [0.05, 0.1) is 5.69 Å². The first kappa shape index (κ1) is 16.1. The molecule has 21 heavy (non-hydrogen) atoms. The Bertz CT molecular complexity index is 477. The molecule has 0 saturated carbocycles. The fourth-order valence-corrected chi connectivity index (χ4v) is 2.67. The summed E-state index contributed by atoms with van der Waals surface area (Å²) in [5.41, 5.74) is 1.60.